The van der Waals surface area contributed by atoms with Gasteiger partial charge in [-0.3, -0.25) is 24.6 Å². The van der Waals surface area contributed by atoms with Gasteiger partial charge in [0.2, 0.25) is 5.91 Å². The first kappa shape index (κ1) is 20.4. The van der Waals surface area contributed by atoms with Gasteiger partial charge in [0, 0.05) is 5.02 Å². The number of halogens is 1. The zero-order valence-corrected chi connectivity index (χ0v) is 16.6. The summed E-state index contributed by atoms with van der Waals surface area (Å²) >= 11 is 6.03. The summed E-state index contributed by atoms with van der Waals surface area (Å²) in [5, 5.41) is 14.2. The van der Waals surface area contributed by atoms with Gasteiger partial charge in [0.05, 0.1) is 23.8 Å². The van der Waals surface area contributed by atoms with Crippen LogP contribution in [0.2, 0.25) is 5.02 Å². The molecule has 0 bridgehead atoms. The van der Waals surface area contributed by atoms with E-state index >= 15 is 0 Å². The Morgan fingerprint density at radius 2 is 2.03 bits per heavy atom. The van der Waals surface area contributed by atoms with Crippen molar-refractivity contribution in [2.45, 2.75) is 19.4 Å². The molecule has 2 aromatic rings. The van der Waals surface area contributed by atoms with Crippen LogP contribution in [0, 0.1) is 10.1 Å². The van der Waals surface area contributed by atoms with E-state index in [9.17, 15) is 19.7 Å². The van der Waals surface area contributed by atoms with Gasteiger partial charge in [-0.25, -0.2) is 0 Å². The monoisotopic (exact) mass is 419 g/mol. The van der Waals surface area contributed by atoms with Gasteiger partial charge in [-0.15, -0.1) is 0 Å². The minimum atomic E-state index is -1.19. The number of methoxy groups -OCH3 is 1. The molecular formula is C19H18ClN3O6. The molecule has 152 valence electrons. The third-order valence-electron chi connectivity index (χ3n) is 4.31. The number of anilines is 2. The summed E-state index contributed by atoms with van der Waals surface area (Å²) in [5.41, 5.74) is -1.17. The highest BCUT2D eigenvalue weighted by Gasteiger charge is 2.41. The molecule has 0 saturated heterocycles. The largest absolute Gasteiger partial charge is 0.496 e. The van der Waals surface area contributed by atoms with Crippen LogP contribution in [0.15, 0.2) is 36.4 Å². The molecule has 0 fully saturated rings. The van der Waals surface area contributed by atoms with E-state index in [1.54, 1.807) is 26.0 Å². The summed E-state index contributed by atoms with van der Waals surface area (Å²) in [5.74, 6) is -0.368. The molecule has 0 spiro atoms. The van der Waals surface area contributed by atoms with Gasteiger partial charge in [0.15, 0.2) is 5.60 Å². The molecule has 1 aliphatic heterocycles. The average Bonchev–Trinajstić information content (AvgIpc) is 2.66. The van der Waals surface area contributed by atoms with Gasteiger partial charge in [0.1, 0.15) is 23.7 Å². The maximum Gasteiger partial charge on any atom is 0.296 e. The normalized spacial score (nSPS) is 14.6. The Labute approximate surface area is 171 Å². The van der Waals surface area contributed by atoms with E-state index in [1.165, 1.54) is 36.3 Å². The minimum absolute atomic E-state index is 0.00733. The number of nitro groups is 1. The first-order chi connectivity index (χ1) is 13.6. The zero-order chi connectivity index (χ0) is 21.3. The number of rotatable bonds is 5. The number of fused-ring (bicyclic) bond motifs is 1. The third kappa shape index (κ3) is 4.09. The number of ether oxygens (including phenoxy) is 2. The Morgan fingerprint density at radius 1 is 1.31 bits per heavy atom. The van der Waals surface area contributed by atoms with Gasteiger partial charge < -0.3 is 14.8 Å². The summed E-state index contributed by atoms with van der Waals surface area (Å²) in [6.45, 7) is 2.81. The molecule has 1 aliphatic rings. The molecule has 0 saturated carbocycles. The second kappa shape index (κ2) is 7.59. The van der Waals surface area contributed by atoms with Crippen molar-refractivity contribution in [1.29, 1.82) is 0 Å². The molecule has 1 N–H and O–H groups in total. The molecule has 0 radical (unpaired) electrons. The van der Waals surface area contributed by atoms with Crippen LogP contribution in [-0.2, 0) is 9.59 Å². The number of nitro benzene ring substituents is 1. The van der Waals surface area contributed by atoms with Gasteiger partial charge >= 0.3 is 0 Å². The molecule has 0 aromatic heterocycles. The van der Waals surface area contributed by atoms with Crippen LogP contribution in [-0.4, -0.2) is 36.0 Å². The van der Waals surface area contributed by atoms with Gasteiger partial charge in [-0.2, -0.15) is 0 Å². The molecular weight excluding hydrogens is 402 g/mol. The van der Waals surface area contributed by atoms with Crippen molar-refractivity contribution in [3.05, 3.63) is 51.5 Å². The number of nitrogens with zero attached hydrogens (tertiary/aromatic N) is 2. The Bertz CT molecular complexity index is 1010. The topological polar surface area (TPSA) is 111 Å². The summed E-state index contributed by atoms with van der Waals surface area (Å²) in [6.07, 6.45) is 0. The highest BCUT2D eigenvalue weighted by molar-refractivity contribution is 6.31. The molecule has 0 unspecified atom stereocenters. The fourth-order valence-corrected chi connectivity index (χ4v) is 3.09. The summed E-state index contributed by atoms with van der Waals surface area (Å²) in [4.78, 5) is 37.4. The van der Waals surface area contributed by atoms with Gasteiger partial charge in [-0.05, 0) is 44.2 Å². The minimum Gasteiger partial charge on any atom is -0.496 e. The highest BCUT2D eigenvalue weighted by Crippen LogP contribution is 2.39. The van der Waals surface area contributed by atoms with Crippen molar-refractivity contribution >= 4 is 40.5 Å². The lowest BCUT2D eigenvalue weighted by atomic mass is 10.0. The Morgan fingerprint density at radius 3 is 2.69 bits per heavy atom. The van der Waals surface area contributed by atoms with Crippen molar-refractivity contribution in [1.82, 2.24) is 0 Å². The standard InChI is InChI=1S/C19H18ClN3O6/c1-19(2)18(25)22(15-8-11(20)4-7-16(15)29-19)10-17(24)21-13-6-5-12(28-3)9-14(13)23(26)27/h4-9H,10H2,1-3H3,(H,21,24). The second-order valence-electron chi connectivity index (χ2n) is 6.80. The number of benzene rings is 2. The Kier molecular flexibility index (Phi) is 5.34. The number of hydrogen-bond acceptors (Lipinski definition) is 6. The SMILES string of the molecule is COc1ccc(NC(=O)CN2C(=O)C(C)(C)Oc3ccc(Cl)cc32)c([N+](=O)[O-])c1. The first-order valence-corrected chi connectivity index (χ1v) is 8.93. The molecule has 1 heterocycles. The van der Waals surface area contributed by atoms with Crippen LogP contribution in [0.5, 0.6) is 11.5 Å². The lowest BCUT2D eigenvalue weighted by Gasteiger charge is -2.38. The first-order valence-electron chi connectivity index (χ1n) is 8.55. The lowest BCUT2D eigenvalue weighted by molar-refractivity contribution is -0.384. The van der Waals surface area contributed by atoms with E-state index < -0.39 is 22.3 Å². The summed E-state index contributed by atoms with van der Waals surface area (Å²) in [7, 11) is 1.38. The molecule has 0 atom stereocenters. The van der Waals surface area contributed by atoms with E-state index in [2.05, 4.69) is 5.32 Å². The van der Waals surface area contributed by atoms with E-state index in [0.717, 1.165) is 0 Å². The van der Waals surface area contributed by atoms with Crippen LogP contribution in [0.3, 0.4) is 0 Å². The molecule has 29 heavy (non-hydrogen) atoms. The number of hydrogen-bond donors (Lipinski definition) is 1. The lowest BCUT2D eigenvalue weighted by Crippen LogP contribution is -2.54. The summed E-state index contributed by atoms with van der Waals surface area (Å²) < 4.78 is 10.7. The molecule has 9 nitrogen and oxygen atoms in total. The Balaban J connectivity index is 1.88. The highest BCUT2D eigenvalue weighted by atomic mass is 35.5. The van der Waals surface area contributed by atoms with E-state index in [-0.39, 0.29) is 23.7 Å². The van der Waals surface area contributed by atoms with Crippen LogP contribution in [0.1, 0.15) is 13.8 Å². The van der Waals surface area contributed by atoms with Crippen LogP contribution in [0.25, 0.3) is 0 Å². The molecule has 0 aliphatic carbocycles. The quantitative estimate of drug-likeness (QED) is 0.587. The van der Waals surface area contributed by atoms with Crippen LogP contribution >= 0.6 is 11.6 Å². The molecule has 2 amide bonds. The zero-order valence-electron chi connectivity index (χ0n) is 15.9. The van der Waals surface area contributed by atoms with Crippen LogP contribution in [0.4, 0.5) is 17.1 Å². The number of carbonyl (C=O) groups excluding carboxylic acids is 2. The number of carbonyl (C=O) groups is 2. The van der Waals surface area contributed by atoms with Crippen molar-refractivity contribution in [3.63, 3.8) is 0 Å². The molecule has 10 heteroatoms. The maximum atomic E-state index is 12.8. The average molecular weight is 420 g/mol. The third-order valence-corrected chi connectivity index (χ3v) is 4.55. The summed E-state index contributed by atoms with van der Waals surface area (Å²) in [6, 6.07) is 8.81. The van der Waals surface area contributed by atoms with Crippen molar-refractivity contribution in [3.8, 4) is 11.5 Å². The van der Waals surface area contributed by atoms with Gasteiger partial charge in [-0.1, -0.05) is 11.6 Å². The molecule has 2 aromatic carbocycles. The fraction of sp³-hybridized carbons (Fsp3) is 0.263. The van der Waals surface area contributed by atoms with E-state index in [1.807, 2.05) is 0 Å². The van der Waals surface area contributed by atoms with Crippen LogP contribution < -0.4 is 19.7 Å². The van der Waals surface area contributed by atoms with Crippen molar-refractivity contribution in [2.24, 2.45) is 0 Å². The molecule has 3 rings (SSSR count). The predicted octanol–water partition coefficient (Wildman–Crippen LogP) is 3.40. The van der Waals surface area contributed by atoms with Crippen molar-refractivity contribution in [2.75, 3.05) is 23.9 Å². The van der Waals surface area contributed by atoms with Gasteiger partial charge in [0.25, 0.3) is 11.6 Å². The number of nitrogens with one attached hydrogen (secondary N) is 1. The fourth-order valence-electron chi connectivity index (χ4n) is 2.93. The number of amides is 2. The second-order valence-corrected chi connectivity index (χ2v) is 7.24. The van der Waals surface area contributed by atoms with Crippen molar-refractivity contribution < 1.29 is 24.0 Å². The smallest absolute Gasteiger partial charge is 0.296 e. The Hall–Kier alpha value is -3.33. The maximum absolute atomic E-state index is 12.8. The predicted molar refractivity (Wildman–Crippen MR) is 107 cm³/mol. The van der Waals surface area contributed by atoms with E-state index in [0.29, 0.717) is 16.5 Å². The van der Waals surface area contributed by atoms with E-state index in [4.69, 9.17) is 21.1 Å².